The molecule has 0 saturated carbocycles. The summed E-state index contributed by atoms with van der Waals surface area (Å²) in [6, 6.07) is 10.1. The molecule has 1 aromatic heterocycles. The SMILES string of the molecule is CC[C@@H](O)c1ccc(Sc2cc(C)nn2C)cc1. The van der Waals surface area contributed by atoms with Crippen LogP contribution in [0.1, 0.15) is 30.7 Å². The van der Waals surface area contributed by atoms with Crippen molar-refractivity contribution in [3.05, 3.63) is 41.6 Å². The van der Waals surface area contributed by atoms with Gasteiger partial charge in [0.15, 0.2) is 0 Å². The second kappa shape index (κ2) is 5.59. The summed E-state index contributed by atoms with van der Waals surface area (Å²) >= 11 is 1.68. The van der Waals surface area contributed by atoms with Crippen LogP contribution in [0, 0.1) is 6.92 Å². The highest BCUT2D eigenvalue weighted by Crippen LogP contribution is 2.29. The maximum absolute atomic E-state index is 9.74. The predicted molar refractivity (Wildman–Crippen MR) is 73.8 cm³/mol. The molecular formula is C14H18N2OS. The first-order valence-electron chi connectivity index (χ1n) is 6.06. The van der Waals surface area contributed by atoms with E-state index in [-0.39, 0.29) is 6.10 Å². The van der Waals surface area contributed by atoms with Crippen LogP contribution < -0.4 is 0 Å². The second-order valence-electron chi connectivity index (χ2n) is 4.34. The molecule has 1 aromatic carbocycles. The van der Waals surface area contributed by atoms with Crippen LogP contribution >= 0.6 is 11.8 Å². The summed E-state index contributed by atoms with van der Waals surface area (Å²) in [5.74, 6) is 0. The van der Waals surface area contributed by atoms with Crippen LogP contribution in [-0.2, 0) is 7.05 Å². The van der Waals surface area contributed by atoms with E-state index in [1.165, 1.54) is 0 Å². The molecule has 0 radical (unpaired) electrons. The number of benzene rings is 1. The maximum atomic E-state index is 9.74. The van der Waals surface area contributed by atoms with Crippen LogP contribution in [0.4, 0.5) is 0 Å². The van der Waals surface area contributed by atoms with Crippen LogP contribution in [0.15, 0.2) is 40.3 Å². The van der Waals surface area contributed by atoms with E-state index in [4.69, 9.17) is 0 Å². The first-order chi connectivity index (χ1) is 8.60. The molecule has 96 valence electrons. The fourth-order valence-corrected chi connectivity index (χ4v) is 2.71. The van der Waals surface area contributed by atoms with Gasteiger partial charge in [0.05, 0.1) is 16.8 Å². The molecular weight excluding hydrogens is 244 g/mol. The Morgan fingerprint density at radius 3 is 2.50 bits per heavy atom. The van der Waals surface area contributed by atoms with Crippen molar-refractivity contribution in [3.8, 4) is 0 Å². The van der Waals surface area contributed by atoms with Crippen molar-refractivity contribution in [1.82, 2.24) is 9.78 Å². The molecule has 0 aliphatic carbocycles. The van der Waals surface area contributed by atoms with Gasteiger partial charge in [0.2, 0.25) is 0 Å². The van der Waals surface area contributed by atoms with Gasteiger partial charge in [-0.2, -0.15) is 5.10 Å². The van der Waals surface area contributed by atoms with E-state index in [0.717, 1.165) is 27.6 Å². The Morgan fingerprint density at radius 2 is 2.00 bits per heavy atom. The zero-order valence-corrected chi connectivity index (χ0v) is 11.7. The van der Waals surface area contributed by atoms with Gasteiger partial charge in [-0.15, -0.1) is 0 Å². The highest BCUT2D eigenvalue weighted by Gasteiger charge is 2.07. The monoisotopic (exact) mass is 262 g/mol. The van der Waals surface area contributed by atoms with E-state index in [1.54, 1.807) is 11.8 Å². The van der Waals surface area contributed by atoms with Crippen molar-refractivity contribution in [2.24, 2.45) is 7.05 Å². The standard InChI is InChI=1S/C14H18N2OS/c1-4-13(17)11-5-7-12(8-6-11)18-14-9-10(2)15-16(14)3/h5-9,13,17H,4H2,1-3H3/t13-/m1/s1. The lowest BCUT2D eigenvalue weighted by Crippen LogP contribution is -1.94. The molecule has 2 rings (SSSR count). The third kappa shape index (κ3) is 2.94. The molecule has 0 bridgehead atoms. The summed E-state index contributed by atoms with van der Waals surface area (Å²) < 4.78 is 1.88. The Bertz CT molecular complexity index is 519. The van der Waals surface area contributed by atoms with Crippen LogP contribution in [0.2, 0.25) is 0 Å². The molecule has 0 spiro atoms. The lowest BCUT2D eigenvalue weighted by Gasteiger charge is -2.08. The molecule has 3 nitrogen and oxygen atoms in total. The zero-order valence-electron chi connectivity index (χ0n) is 10.9. The molecule has 0 fully saturated rings. The molecule has 18 heavy (non-hydrogen) atoms. The number of aryl methyl sites for hydroxylation is 2. The van der Waals surface area contributed by atoms with Gasteiger partial charge >= 0.3 is 0 Å². The Hall–Kier alpha value is -1.26. The summed E-state index contributed by atoms with van der Waals surface area (Å²) in [5.41, 5.74) is 2.00. The molecule has 1 atom stereocenters. The quantitative estimate of drug-likeness (QED) is 0.918. The Labute approximate surface area is 112 Å². The number of aromatic nitrogens is 2. The van der Waals surface area contributed by atoms with Crippen molar-refractivity contribution < 1.29 is 5.11 Å². The highest BCUT2D eigenvalue weighted by atomic mass is 32.2. The average molecular weight is 262 g/mol. The molecule has 0 amide bonds. The van der Waals surface area contributed by atoms with Gasteiger partial charge in [0.1, 0.15) is 0 Å². The minimum Gasteiger partial charge on any atom is -0.388 e. The molecule has 4 heteroatoms. The third-order valence-corrected chi connectivity index (χ3v) is 3.93. The van der Waals surface area contributed by atoms with Crippen molar-refractivity contribution in [2.45, 2.75) is 36.3 Å². The van der Waals surface area contributed by atoms with Crippen LogP contribution in [0.3, 0.4) is 0 Å². The molecule has 0 unspecified atom stereocenters. The van der Waals surface area contributed by atoms with Gasteiger partial charge < -0.3 is 5.11 Å². The highest BCUT2D eigenvalue weighted by molar-refractivity contribution is 7.99. The van der Waals surface area contributed by atoms with E-state index in [9.17, 15) is 5.11 Å². The van der Waals surface area contributed by atoms with E-state index in [0.29, 0.717) is 0 Å². The Morgan fingerprint density at radius 1 is 1.33 bits per heavy atom. The van der Waals surface area contributed by atoms with Crippen molar-refractivity contribution in [1.29, 1.82) is 0 Å². The maximum Gasteiger partial charge on any atom is 0.0986 e. The minimum absolute atomic E-state index is 0.358. The second-order valence-corrected chi connectivity index (χ2v) is 5.44. The van der Waals surface area contributed by atoms with Crippen molar-refractivity contribution in [2.75, 3.05) is 0 Å². The Kier molecular flexibility index (Phi) is 4.09. The fraction of sp³-hybridized carbons (Fsp3) is 0.357. The van der Waals surface area contributed by atoms with Gasteiger partial charge in [-0.1, -0.05) is 30.8 Å². The normalized spacial score (nSPS) is 12.7. The van der Waals surface area contributed by atoms with Crippen LogP contribution in [0.5, 0.6) is 0 Å². The minimum atomic E-state index is -0.358. The van der Waals surface area contributed by atoms with Gasteiger partial charge in [-0.3, -0.25) is 4.68 Å². The number of rotatable bonds is 4. The first kappa shape index (κ1) is 13.2. The van der Waals surface area contributed by atoms with Gasteiger partial charge in [0.25, 0.3) is 0 Å². The topological polar surface area (TPSA) is 38.1 Å². The number of nitrogens with zero attached hydrogens (tertiary/aromatic N) is 2. The number of hydrogen-bond acceptors (Lipinski definition) is 3. The molecule has 0 aliphatic rings. The van der Waals surface area contributed by atoms with Crippen molar-refractivity contribution in [3.63, 3.8) is 0 Å². The molecule has 0 saturated heterocycles. The van der Waals surface area contributed by atoms with Crippen molar-refractivity contribution >= 4 is 11.8 Å². The van der Waals surface area contributed by atoms with Gasteiger partial charge in [-0.25, -0.2) is 0 Å². The van der Waals surface area contributed by atoms with E-state index < -0.39 is 0 Å². The summed E-state index contributed by atoms with van der Waals surface area (Å²) in [6.07, 6.45) is 0.385. The zero-order chi connectivity index (χ0) is 13.1. The van der Waals surface area contributed by atoms with E-state index >= 15 is 0 Å². The van der Waals surface area contributed by atoms with E-state index in [1.807, 2.05) is 49.8 Å². The predicted octanol–water partition coefficient (Wildman–Crippen LogP) is 3.32. The Balaban J connectivity index is 2.13. The first-order valence-corrected chi connectivity index (χ1v) is 6.88. The average Bonchev–Trinajstić information content (AvgIpc) is 2.68. The molecule has 0 aliphatic heterocycles. The van der Waals surface area contributed by atoms with Gasteiger partial charge in [0, 0.05) is 11.9 Å². The number of aliphatic hydroxyl groups excluding tert-OH is 1. The molecule has 1 N–H and O–H groups in total. The summed E-state index contributed by atoms with van der Waals surface area (Å²) in [7, 11) is 1.95. The third-order valence-electron chi connectivity index (χ3n) is 2.83. The van der Waals surface area contributed by atoms with E-state index in [2.05, 4.69) is 11.2 Å². The molecule has 2 aromatic rings. The lowest BCUT2D eigenvalue weighted by molar-refractivity contribution is 0.173. The summed E-state index contributed by atoms with van der Waals surface area (Å²) in [5, 5.41) is 15.2. The number of aliphatic hydroxyl groups is 1. The largest absolute Gasteiger partial charge is 0.388 e. The smallest absolute Gasteiger partial charge is 0.0986 e. The van der Waals surface area contributed by atoms with Crippen LogP contribution in [0.25, 0.3) is 0 Å². The summed E-state index contributed by atoms with van der Waals surface area (Å²) in [4.78, 5) is 1.16. The van der Waals surface area contributed by atoms with Crippen LogP contribution in [-0.4, -0.2) is 14.9 Å². The summed E-state index contributed by atoms with van der Waals surface area (Å²) in [6.45, 7) is 3.97. The fourth-order valence-electron chi connectivity index (χ4n) is 1.80. The van der Waals surface area contributed by atoms with Gasteiger partial charge in [-0.05, 0) is 37.1 Å². The molecule has 1 heterocycles. The number of hydrogen-bond donors (Lipinski definition) is 1. The lowest BCUT2D eigenvalue weighted by atomic mass is 10.1.